The van der Waals surface area contributed by atoms with E-state index in [1.807, 2.05) is 0 Å². The molecule has 11 heteroatoms. The summed E-state index contributed by atoms with van der Waals surface area (Å²) in [6.07, 6.45) is 5.23. The molecule has 0 spiro atoms. The summed E-state index contributed by atoms with van der Waals surface area (Å²) in [5.74, 6) is -1.50. The maximum Gasteiger partial charge on any atom is 0.254 e. The Morgan fingerprint density at radius 3 is 2.40 bits per heavy atom. The predicted octanol–water partition coefficient (Wildman–Crippen LogP) is 3.24. The summed E-state index contributed by atoms with van der Waals surface area (Å²) < 4.78 is 59.1. The zero-order valence-corrected chi connectivity index (χ0v) is 19.4. The van der Waals surface area contributed by atoms with Crippen molar-refractivity contribution in [3.63, 3.8) is 0 Å². The number of rotatable bonds is 4. The number of carbonyl (C=O) groups excluding carboxylic acids is 1. The summed E-state index contributed by atoms with van der Waals surface area (Å²) >= 11 is 0. The molecule has 0 aliphatic carbocycles. The van der Waals surface area contributed by atoms with E-state index in [4.69, 9.17) is 4.74 Å². The molecule has 35 heavy (non-hydrogen) atoms. The molecule has 1 amide bonds. The van der Waals surface area contributed by atoms with Crippen molar-refractivity contribution in [2.75, 3.05) is 32.6 Å². The zero-order valence-electron chi connectivity index (χ0n) is 18.6. The van der Waals surface area contributed by atoms with Gasteiger partial charge in [-0.1, -0.05) is 6.07 Å². The molecule has 0 bridgehead atoms. The van der Waals surface area contributed by atoms with Crippen LogP contribution in [-0.4, -0.2) is 66.3 Å². The minimum absolute atomic E-state index is 0.0649. The van der Waals surface area contributed by atoms with E-state index < -0.39 is 21.5 Å². The van der Waals surface area contributed by atoms with Gasteiger partial charge < -0.3 is 9.64 Å². The number of nitrogens with zero attached hydrogens (tertiary/aromatic N) is 4. The third-order valence-corrected chi connectivity index (χ3v) is 6.93. The zero-order chi connectivity index (χ0) is 24.7. The number of amides is 1. The van der Waals surface area contributed by atoms with E-state index in [9.17, 15) is 22.0 Å². The van der Waals surface area contributed by atoms with Crippen molar-refractivity contribution < 1.29 is 26.7 Å². The van der Waals surface area contributed by atoms with E-state index in [2.05, 4.69) is 9.97 Å². The maximum atomic E-state index is 14.2. The van der Waals surface area contributed by atoms with Crippen molar-refractivity contribution >= 4 is 26.6 Å². The van der Waals surface area contributed by atoms with Gasteiger partial charge in [0.05, 0.1) is 23.6 Å². The molecule has 0 saturated carbocycles. The molecule has 180 valence electrons. The minimum Gasteiger partial charge on any atom is -0.378 e. The van der Waals surface area contributed by atoms with Crippen LogP contribution in [0.5, 0.6) is 0 Å². The fourth-order valence-electron chi connectivity index (χ4n) is 4.05. The molecule has 2 aromatic carbocycles. The van der Waals surface area contributed by atoms with Crippen LogP contribution in [0.3, 0.4) is 0 Å². The molecular weight excluding hydrogens is 478 g/mol. The number of hydrogen-bond donors (Lipinski definition) is 0. The molecule has 1 aliphatic rings. The monoisotopic (exact) mass is 498 g/mol. The topological polar surface area (TPSA) is 94.4 Å². The highest BCUT2D eigenvalue weighted by Gasteiger charge is 2.23. The summed E-state index contributed by atoms with van der Waals surface area (Å²) in [4.78, 5) is 23.3. The standard InChI is InChI=1S/C24H20F2N4O4S/c1-35(32,33)22-14-30(24-27-12-16(13-28-24)18-5-3-17(25)11-20(18)26)21-10-15(2-4-19(21)22)23(31)29-6-8-34-9-7-29/h2-5,10-14H,6-9H2,1H3. The molecule has 3 heterocycles. The normalized spacial score (nSPS) is 14.4. The van der Waals surface area contributed by atoms with Crippen molar-refractivity contribution in [2.24, 2.45) is 0 Å². The number of fused-ring (bicyclic) bond motifs is 1. The van der Waals surface area contributed by atoms with Crippen LogP contribution >= 0.6 is 0 Å². The van der Waals surface area contributed by atoms with Gasteiger partial charge in [0.1, 0.15) is 11.6 Å². The summed E-state index contributed by atoms with van der Waals surface area (Å²) in [7, 11) is -3.60. The largest absolute Gasteiger partial charge is 0.378 e. The van der Waals surface area contributed by atoms with Gasteiger partial charge in [-0.2, -0.15) is 0 Å². The highest BCUT2D eigenvalue weighted by Crippen LogP contribution is 2.29. The Labute approximate surface area is 199 Å². The molecule has 0 unspecified atom stereocenters. The predicted molar refractivity (Wildman–Crippen MR) is 124 cm³/mol. The molecule has 1 aliphatic heterocycles. The van der Waals surface area contributed by atoms with E-state index >= 15 is 0 Å². The lowest BCUT2D eigenvalue weighted by molar-refractivity contribution is 0.0303. The quantitative estimate of drug-likeness (QED) is 0.429. The van der Waals surface area contributed by atoms with E-state index in [0.717, 1.165) is 18.4 Å². The second-order valence-electron chi connectivity index (χ2n) is 8.17. The first kappa shape index (κ1) is 23.1. The molecule has 2 aromatic heterocycles. The van der Waals surface area contributed by atoms with Crippen LogP contribution in [0.2, 0.25) is 0 Å². The van der Waals surface area contributed by atoms with E-state index in [1.54, 1.807) is 23.1 Å². The highest BCUT2D eigenvalue weighted by atomic mass is 32.2. The molecule has 0 N–H and O–H groups in total. The Balaban J connectivity index is 1.59. The summed E-state index contributed by atoms with van der Waals surface area (Å²) in [5.41, 5.74) is 1.29. The Morgan fingerprint density at radius 2 is 1.74 bits per heavy atom. The first-order valence-electron chi connectivity index (χ1n) is 10.7. The average Bonchev–Trinajstić information content (AvgIpc) is 3.24. The SMILES string of the molecule is CS(=O)(=O)c1cn(-c2ncc(-c3ccc(F)cc3F)cn2)c2cc(C(=O)N3CCOCC3)ccc12. The molecule has 1 fully saturated rings. The molecule has 1 saturated heterocycles. The fourth-order valence-corrected chi connectivity index (χ4v) is 4.92. The molecule has 0 radical (unpaired) electrons. The van der Waals surface area contributed by atoms with E-state index in [1.165, 1.54) is 29.2 Å². The minimum atomic E-state index is -3.60. The Bertz CT molecular complexity index is 1550. The second-order valence-corrected chi connectivity index (χ2v) is 10.2. The van der Waals surface area contributed by atoms with Gasteiger partial charge in [-0.15, -0.1) is 0 Å². The van der Waals surface area contributed by atoms with Crippen molar-refractivity contribution in [2.45, 2.75) is 4.90 Å². The van der Waals surface area contributed by atoms with Crippen LogP contribution in [0.15, 0.2) is 59.9 Å². The first-order chi connectivity index (χ1) is 16.7. The Kier molecular flexibility index (Phi) is 5.81. The van der Waals surface area contributed by atoms with Gasteiger partial charge in [-0.25, -0.2) is 27.2 Å². The Morgan fingerprint density at radius 1 is 1.03 bits per heavy atom. The number of sulfone groups is 1. The number of aromatic nitrogens is 3. The number of benzene rings is 2. The molecular formula is C24H20F2N4O4S. The van der Waals surface area contributed by atoms with Crippen LogP contribution < -0.4 is 0 Å². The van der Waals surface area contributed by atoms with Crippen molar-refractivity contribution in [1.82, 2.24) is 19.4 Å². The van der Waals surface area contributed by atoms with Crippen molar-refractivity contribution in [3.8, 4) is 17.1 Å². The number of hydrogen-bond acceptors (Lipinski definition) is 6. The lowest BCUT2D eigenvalue weighted by atomic mass is 10.1. The molecule has 5 rings (SSSR count). The third-order valence-electron chi connectivity index (χ3n) is 5.81. The molecule has 4 aromatic rings. The second kappa shape index (κ2) is 8.82. The van der Waals surface area contributed by atoms with Gasteiger partial charge >= 0.3 is 0 Å². The number of ether oxygens (including phenoxy) is 1. The van der Waals surface area contributed by atoms with Crippen LogP contribution in [0.1, 0.15) is 10.4 Å². The third kappa shape index (κ3) is 4.40. The van der Waals surface area contributed by atoms with Gasteiger partial charge in [0.15, 0.2) is 9.84 Å². The average molecular weight is 499 g/mol. The van der Waals surface area contributed by atoms with E-state index in [0.29, 0.717) is 48.3 Å². The number of halogens is 2. The summed E-state index contributed by atoms with van der Waals surface area (Å²) in [6, 6.07) is 8.00. The summed E-state index contributed by atoms with van der Waals surface area (Å²) in [5, 5.41) is 0.420. The van der Waals surface area contributed by atoms with Gasteiger partial charge in [-0.3, -0.25) is 9.36 Å². The van der Waals surface area contributed by atoms with Gasteiger partial charge in [0.2, 0.25) is 5.95 Å². The van der Waals surface area contributed by atoms with Crippen molar-refractivity contribution in [1.29, 1.82) is 0 Å². The van der Waals surface area contributed by atoms with Crippen LogP contribution in [0.25, 0.3) is 28.0 Å². The molecule has 8 nitrogen and oxygen atoms in total. The number of carbonyl (C=O) groups is 1. The van der Waals surface area contributed by atoms with Gasteiger partial charge in [0.25, 0.3) is 5.91 Å². The van der Waals surface area contributed by atoms with Crippen LogP contribution in [0, 0.1) is 11.6 Å². The summed E-state index contributed by atoms with van der Waals surface area (Å²) in [6.45, 7) is 1.85. The van der Waals surface area contributed by atoms with Gasteiger partial charge in [0, 0.05) is 66.1 Å². The van der Waals surface area contributed by atoms with E-state index in [-0.39, 0.29) is 22.3 Å². The fraction of sp³-hybridized carbons (Fsp3) is 0.208. The van der Waals surface area contributed by atoms with Gasteiger partial charge in [-0.05, 0) is 24.3 Å². The van der Waals surface area contributed by atoms with Crippen molar-refractivity contribution in [3.05, 3.63) is 72.2 Å². The first-order valence-corrected chi connectivity index (χ1v) is 12.6. The lowest BCUT2D eigenvalue weighted by Gasteiger charge is -2.26. The van der Waals surface area contributed by atoms with Crippen LogP contribution in [-0.2, 0) is 14.6 Å². The smallest absolute Gasteiger partial charge is 0.254 e. The lowest BCUT2D eigenvalue weighted by Crippen LogP contribution is -2.40. The maximum absolute atomic E-state index is 14.2. The number of morpholine rings is 1. The van der Waals surface area contributed by atoms with Crippen LogP contribution in [0.4, 0.5) is 8.78 Å². The Hall–Kier alpha value is -3.70. The highest BCUT2D eigenvalue weighted by molar-refractivity contribution is 7.91. The molecule has 0 atom stereocenters.